The monoisotopic (exact) mass is 274 g/mol. The lowest BCUT2D eigenvalue weighted by Crippen LogP contribution is -2.18. The second-order valence-corrected chi connectivity index (χ2v) is 6.06. The largest absolute Gasteiger partial charge is 0.393 e. The van der Waals surface area contributed by atoms with Gasteiger partial charge in [0.1, 0.15) is 0 Å². The van der Waals surface area contributed by atoms with Crippen molar-refractivity contribution in [3.63, 3.8) is 0 Å². The molecular weight excluding hydrogens is 248 g/mol. The number of nitrogens with one attached hydrogen (secondary N) is 1. The quantitative estimate of drug-likeness (QED) is 0.814. The summed E-state index contributed by atoms with van der Waals surface area (Å²) < 4.78 is 2.22. The van der Waals surface area contributed by atoms with Crippen molar-refractivity contribution in [2.75, 3.05) is 6.54 Å². The van der Waals surface area contributed by atoms with Crippen LogP contribution < -0.4 is 5.32 Å². The highest BCUT2D eigenvalue weighted by atomic mass is 16.3. The fraction of sp³-hybridized carbons (Fsp3) is 0.529. The standard InChI is InChI=1S/C17H26N2O/c1-13(2)11-18-12-15-4-5-17-16(10-15)7-9-19(17)8-6-14(3)20/h4-5,7,9-10,13-14,18,20H,6,8,11-12H2,1-3H3. The van der Waals surface area contributed by atoms with Crippen molar-refractivity contribution >= 4 is 10.9 Å². The van der Waals surface area contributed by atoms with Gasteiger partial charge in [0, 0.05) is 24.8 Å². The first-order valence-electron chi connectivity index (χ1n) is 7.53. The van der Waals surface area contributed by atoms with Crippen molar-refractivity contribution in [1.29, 1.82) is 0 Å². The molecule has 3 nitrogen and oxygen atoms in total. The van der Waals surface area contributed by atoms with Gasteiger partial charge in [-0.3, -0.25) is 0 Å². The summed E-state index contributed by atoms with van der Waals surface area (Å²) in [7, 11) is 0. The van der Waals surface area contributed by atoms with Gasteiger partial charge in [0.2, 0.25) is 0 Å². The van der Waals surface area contributed by atoms with Crippen LogP contribution in [0.4, 0.5) is 0 Å². The third-order valence-electron chi connectivity index (χ3n) is 3.50. The Morgan fingerprint density at radius 1 is 1.20 bits per heavy atom. The Balaban J connectivity index is 2.04. The first-order chi connectivity index (χ1) is 9.56. The van der Waals surface area contributed by atoms with Crippen LogP contribution in [0.2, 0.25) is 0 Å². The second-order valence-electron chi connectivity index (χ2n) is 6.06. The van der Waals surface area contributed by atoms with E-state index in [4.69, 9.17) is 0 Å². The molecule has 0 radical (unpaired) electrons. The van der Waals surface area contributed by atoms with Crippen LogP contribution in [0.15, 0.2) is 30.5 Å². The van der Waals surface area contributed by atoms with Crippen LogP contribution in [0.5, 0.6) is 0 Å². The predicted octanol–water partition coefficient (Wildman–Crippen LogP) is 3.16. The molecule has 0 aliphatic heterocycles. The van der Waals surface area contributed by atoms with Crippen LogP contribution in [0.3, 0.4) is 0 Å². The van der Waals surface area contributed by atoms with E-state index in [9.17, 15) is 5.11 Å². The number of aromatic nitrogens is 1. The van der Waals surface area contributed by atoms with Crippen LogP contribution in [-0.2, 0) is 13.1 Å². The summed E-state index contributed by atoms with van der Waals surface area (Å²) in [6.45, 7) is 9.12. The summed E-state index contributed by atoms with van der Waals surface area (Å²) in [5.74, 6) is 0.681. The molecular formula is C17H26N2O. The molecule has 0 spiro atoms. The van der Waals surface area contributed by atoms with Gasteiger partial charge in [-0.05, 0) is 55.0 Å². The highest BCUT2D eigenvalue weighted by molar-refractivity contribution is 5.80. The minimum Gasteiger partial charge on any atom is -0.393 e. The van der Waals surface area contributed by atoms with Crippen LogP contribution in [-0.4, -0.2) is 22.3 Å². The molecule has 0 amide bonds. The molecule has 1 heterocycles. The van der Waals surface area contributed by atoms with Crippen LogP contribution in [0.25, 0.3) is 10.9 Å². The molecule has 2 N–H and O–H groups in total. The zero-order valence-corrected chi connectivity index (χ0v) is 12.8. The SMILES string of the molecule is CC(C)CNCc1ccc2c(ccn2CCC(C)O)c1. The number of aliphatic hydroxyl groups excluding tert-OH is 1. The van der Waals surface area contributed by atoms with E-state index in [0.717, 1.165) is 26.1 Å². The number of aliphatic hydroxyl groups is 1. The van der Waals surface area contributed by atoms with Gasteiger partial charge in [-0.15, -0.1) is 0 Å². The van der Waals surface area contributed by atoms with E-state index in [1.807, 2.05) is 6.92 Å². The van der Waals surface area contributed by atoms with Crippen LogP contribution in [0, 0.1) is 5.92 Å². The zero-order chi connectivity index (χ0) is 14.5. The third kappa shape index (κ3) is 4.09. The van der Waals surface area contributed by atoms with Crippen molar-refractivity contribution in [2.45, 2.75) is 46.4 Å². The molecule has 2 aromatic rings. The van der Waals surface area contributed by atoms with E-state index in [0.29, 0.717) is 5.92 Å². The van der Waals surface area contributed by atoms with E-state index >= 15 is 0 Å². The third-order valence-corrected chi connectivity index (χ3v) is 3.50. The molecule has 0 fully saturated rings. The first kappa shape index (κ1) is 15.1. The molecule has 20 heavy (non-hydrogen) atoms. The molecule has 0 bridgehead atoms. The van der Waals surface area contributed by atoms with Gasteiger partial charge in [0.05, 0.1) is 6.10 Å². The molecule has 1 aromatic carbocycles. The van der Waals surface area contributed by atoms with Gasteiger partial charge in [-0.1, -0.05) is 19.9 Å². The summed E-state index contributed by atoms with van der Waals surface area (Å²) in [6, 6.07) is 8.78. The van der Waals surface area contributed by atoms with Crippen molar-refractivity contribution in [2.24, 2.45) is 5.92 Å². The summed E-state index contributed by atoms with van der Waals surface area (Å²) >= 11 is 0. The van der Waals surface area contributed by atoms with Crippen LogP contribution >= 0.6 is 0 Å². The molecule has 110 valence electrons. The van der Waals surface area contributed by atoms with Crippen molar-refractivity contribution in [1.82, 2.24) is 9.88 Å². The highest BCUT2D eigenvalue weighted by Gasteiger charge is 2.04. The highest BCUT2D eigenvalue weighted by Crippen LogP contribution is 2.18. The van der Waals surface area contributed by atoms with E-state index in [-0.39, 0.29) is 6.10 Å². The van der Waals surface area contributed by atoms with Crippen molar-refractivity contribution in [3.05, 3.63) is 36.0 Å². The molecule has 3 heteroatoms. The van der Waals surface area contributed by atoms with Gasteiger partial charge in [0.15, 0.2) is 0 Å². The minimum absolute atomic E-state index is 0.244. The minimum atomic E-state index is -0.244. The summed E-state index contributed by atoms with van der Waals surface area (Å²) in [4.78, 5) is 0. The molecule has 0 aliphatic rings. The fourth-order valence-electron chi connectivity index (χ4n) is 2.39. The fourth-order valence-corrected chi connectivity index (χ4v) is 2.39. The van der Waals surface area contributed by atoms with Crippen molar-refractivity contribution < 1.29 is 5.11 Å². The predicted molar refractivity (Wildman–Crippen MR) is 84.8 cm³/mol. The van der Waals surface area contributed by atoms with Gasteiger partial charge in [-0.25, -0.2) is 0 Å². The van der Waals surface area contributed by atoms with Gasteiger partial charge >= 0.3 is 0 Å². The van der Waals surface area contributed by atoms with Gasteiger partial charge in [0.25, 0.3) is 0 Å². The molecule has 1 aromatic heterocycles. The van der Waals surface area contributed by atoms with Crippen molar-refractivity contribution in [3.8, 4) is 0 Å². The normalized spacial score (nSPS) is 13.2. The average Bonchev–Trinajstić information content (AvgIpc) is 2.78. The lowest BCUT2D eigenvalue weighted by Gasteiger charge is -2.09. The summed E-state index contributed by atoms with van der Waals surface area (Å²) in [6.07, 6.45) is 2.66. The Labute approximate surface area is 121 Å². The van der Waals surface area contributed by atoms with Gasteiger partial charge < -0.3 is 15.0 Å². The van der Waals surface area contributed by atoms with E-state index < -0.39 is 0 Å². The number of rotatable bonds is 7. The Hall–Kier alpha value is -1.32. The second kappa shape index (κ2) is 6.91. The number of hydrogen-bond acceptors (Lipinski definition) is 2. The topological polar surface area (TPSA) is 37.2 Å². The Kier molecular flexibility index (Phi) is 5.21. The zero-order valence-electron chi connectivity index (χ0n) is 12.8. The molecule has 0 saturated heterocycles. The Bertz CT molecular complexity index is 543. The Morgan fingerprint density at radius 3 is 2.70 bits per heavy atom. The number of nitrogens with zero attached hydrogens (tertiary/aromatic N) is 1. The smallest absolute Gasteiger partial charge is 0.0529 e. The van der Waals surface area contributed by atoms with Gasteiger partial charge in [-0.2, -0.15) is 0 Å². The maximum atomic E-state index is 9.39. The maximum Gasteiger partial charge on any atom is 0.0529 e. The number of hydrogen-bond donors (Lipinski definition) is 2. The molecule has 1 atom stereocenters. The summed E-state index contributed by atoms with van der Waals surface area (Å²) in [5.41, 5.74) is 2.57. The maximum absolute atomic E-state index is 9.39. The Morgan fingerprint density at radius 2 is 2.00 bits per heavy atom. The molecule has 0 aliphatic carbocycles. The average molecular weight is 274 g/mol. The lowest BCUT2D eigenvalue weighted by atomic mass is 10.1. The number of aryl methyl sites for hydroxylation is 1. The first-order valence-corrected chi connectivity index (χ1v) is 7.53. The molecule has 1 unspecified atom stereocenters. The molecule has 0 saturated carbocycles. The number of benzene rings is 1. The molecule has 2 rings (SSSR count). The number of fused-ring (bicyclic) bond motifs is 1. The van der Waals surface area contributed by atoms with Crippen LogP contribution in [0.1, 0.15) is 32.8 Å². The lowest BCUT2D eigenvalue weighted by molar-refractivity contribution is 0.178. The van der Waals surface area contributed by atoms with E-state index in [2.05, 4.69) is 54.2 Å². The summed E-state index contributed by atoms with van der Waals surface area (Å²) in [5, 5.41) is 14.1. The van der Waals surface area contributed by atoms with E-state index in [1.165, 1.54) is 16.5 Å². The van der Waals surface area contributed by atoms with E-state index in [1.54, 1.807) is 0 Å².